The zero-order valence-electron chi connectivity index (χ0n) is 18.1. The van der Waals surface area contributed by atoms with Crippen molar-refractivity contribution in [2.24, 2.45) is 71.0 Å². The van der Waals surface area contributed by atoms with Crippen molar-refractivity contribution in [3.05, 3.63) is 0 Å². The van der Waals surface area contributed by atoms with E-state index in [-0.39, 0.29) is 0 Å². The summed E-state index contributed by atoms with van der Waals surface area (Å²) in [7, 11) is 0. The highest BCUT2D eigenvalue weighted by Gasteiger charge is 2.58. The fraction of sp³-hybridized carbons (Fsp3) is 1.00. The second kappa shape index (κ2) is 6.77. The zero-order valence-corrected chi connectivity index (χ0v) is 18.1. The molecule has 12 atom stereocenters. The molecule has 0 saturated heterocycles. The van der Waals surface area contributed by atoms with Crippen LogP contribution in [0.2, 0.25) is 0 Å². The monoisotopic (exact) mass is 368 g/mol. The summed E-state index contributed by atoms with van der Waals surface area (Å²) in [6.45, 7) is 5.43. The lowest BCUT2D eigenvalue weighted by atomic mass is 9.51. The average Bonchev–Trinajstić information content (AvgIpc) is 3.07. The summed E-state index contributed by atoms with van der Waals surface area (Å²) in [4.78, 5) is 0. The lowest BCUT2D eigenvalue weighted by molar-refractivity contribution is -0.0536. The fourth-order valence-corrected chi connectivity index (χ4v) is 11.0. The third kappa shape index (κ3) is 2.66. The number of rotatable bonds is 0. The molecule has 0 heterocycles. The van der Waals surface area contributed by atoms with Gasteiger partial charge in [-0.25, -0.2) is 0 Å². The van der Waals surface area contributed by atoms with Crippen LogP contribution in [-0.4, -0.2) is 0 Å². The van der Waals surface area contributed by atoms with Gasteiger partial charge < -0.3 is 0 Å². The van der Waals surface area contributed by atoms with E-state index in [4.69, 9.17) is 0 Å². The van der Waals surface area contributed by atoms with E-state index in [2.05, 4.69) is 13.8 Å². The maximum Gasteiger partial charge on any atom is -0.0326 e. The van der Waals surface area contributed by atoms with Gasteiger partial charge in [-0.1, -0.05) is 52.4 Å². The van der Waals surface area contributed by atoms with Crippen molar-refractivity contribution in [2.75, 3.05) is 0 Å². The van der Waals surface area contributed by atoms with Crippen molar-refractivity contribution in [2.45, 2.75) is 97.3 Å². The summed E-state index contributed by atoms with van der Waals surface area (Å²) in [5.41, 5.74) is 0. The van der Waals surface area contributed by atoms with E-state index in [1.165, 1.54) is 0 Å². The summed E-state index contributed by atoms with van der Waals surface area (Å²) in [6, 6.07) is 0. The van der Waals surface area contributed by atoms with Crippen molar-refractivity contribution in [3.8, 4) is 0 Å². The van der Waals surface area contributed by atoms with Crippen LogP contribution >= 0.6 is 0 Å². The van der Waals surface area contributed by atoms with Gasteiger partial charge in [0.15, 0.2) is 0 Å². The van der Waals surface area contributed by atoms with E-state index in [0.717, 1.165) is 71.0 Å². The topological polar surface area (TPSA) is 0 Å². The van der Waals surface area contributed by atoms with Crippen molar-refractivity contribution in [1.82, 2.24) is 0 Å². The molecule has 6 rings (SSSR count). The van der Waals surface area contributed by atoms with Crippen molar-refractivity contribution in [1.29, 1.82) is 0 Å². The van der Waals surface area contributed by atoms with Gasteiger partial charge in [0.2, 0.25) is 0 Å². The summed E-state index contributed by atoms with van der Waals surface area (Å²) in [5, 5.41) is 0. The predicted molar refractivity (Wildman–Crippen MR) is 113 cm³/mol. The Morgan fingerprint density at radius 3 is 1.85 bits per heavy atom. The van der Waals surface area contributed by atoms with Gasteiger partial charge in [0.25, 0.3) is 0 Å². The molecule has 0 aromatic carbocycles. The molecule has 0 aromatic rings. The highest BCUT2D eigenvalue weighted by atomic mass is 14.6. The van der Waals surface area contributed by atoms with Crippen molar-refractivity contribution < 1.29 is 0 Å². The van der Waals surface area contributed by atoms with Crippen LogP contribution in [0.3, 0.4) is 0 Å². The summed E-state index contributed by atoms with van der Waals surface area (Å²) in [6.07, 6.45) is 20.7. The number of fused-ring (bicyclic) bond motifs is 7. The van der Waals surface area contributed by atoms with Gasteiger partial charge in [0.05, 0.1) is 0 Å². The Morgan fingerprint density at radius 1 is 0.407 bits per heavy atom. The van der Waals surface area contributed by atoms with Crippen molar-refractivity contribution >= 4 is 0 Å². The molecule has 0 nitrogen and oxygen atoms in total. The average molecular weight is 369 g/mol. The van der Waals surface area contributed by atoms with Gasteiger partial charge in [-0.15, -0.1) is 0 Å². The van der Waals surface area contributed by atoms with Crippen LogP contribution in [0.1, 0.15) is 97.3 Å². The molecule has 0 amide bonds. The van der Waals surface area contributed by atoms with E-state index >= 15 is 0 Å². The molecule has 0 N–H and O–H groups in total. The van der Waals surface area contributed by atoms with Crippen LogP contribution < -0.4 is 0 Å². The van der Waals surface area contributed by atoms with Crippen LogP contribution in [0, 0.1) is 71.0 Å². The van der Waals surface area contributed by atoms with Gasteiger partial charge in [0, 0.05) is 0 Å². The summed E-state index contributed by atoms with van der Waals surface area (Å²) < 4.78 is 0. The minimum atomic E-state index is 1.06. The third-order valence-electron chi connectivity index (χ3n) is 11.9. The lowest BCUT2D eigenvalue weighted by Crippen LogP contribution is -2.47. The fourth-order valence-electron chi connectivity index (χ4n) is 11.0. The second-order valence-electron chi connectivity index (χ2n) is 12.4. The molecule has 0 radical (unpaired) electrons. The Bertz CT molecular complexity index is 550. The van der Waals surface area contributed by atoms with Gasteiger partial charge in [-0.2, -0.15) is 0 Å². The number of hydrogen-bond acceptors (Lipinski definition) is 0. The molecule has 6 fully saturated rings. The molecule has 0 aliphatic heterocycles. The largest absolute Gasteiger partial charge is 0.0620 e. The minimum Gasteiger partial charge on any atom is -0.0620 e. The predicted octanol–water partition coefficient (Wildman–Crippen LogP) is 7.57. The van der Waals surface area contributed by atoms with Gasteiger partial charge in [-0.3, -0.25) is 0 Å². The molecule has 0 heteroatoms. The number of hydrogen-bond donors (Lipinski definition) is 0. The van der Waals surface area contributed by atoms with E-state index < -0.39 is 0 Å². The van der Waals surface area contributed by atoms with Crippen molar-refractivity contribution in [3.63, 3.8) is 0 Å². The molecule has 7 unspecified atom stereocenters. The SMILES string of the molecule is CC1C2C(CCC3C2CC2C3C[C@@H]3CCCC[C@@H]3[C@@H]2C)C[C@H]2CCCC[C@@H]12. The highest BCUT2D eigenvalue weighted by molar-refractivity contribution is 5.07. The molecule has 152 valence electrons. The standard InChI is InChI=1S/C27H44/c1-16-21-9-5-4-8-19(21)14-25-23-12-11-20-13-18-7-3-6-10-22(18)17(2)27(20)26(23)15-24(16)25/h16-27H,3-15H2,1-2H3/t16-,17?,18+,19-,20?,21+,22-,23?,24?,25?,26?,27?/m0/s1. The van der Waals surface area contributed by atoms with Crippen LogP contribution in [0.4, 0.5) is 0 Å². The van der Waals surface area contributed by atoms with E-state index in [1.54, 1.807) is 83.5 Å². The first-order valence-corrected chi connectivity index (χ1v) is 13.2. The molecular formula is C27H44. The summed E-state index contributed by atoms with van der Waals surface area (Å²) >= 11 is 0. The Balaban J connectivity index is 1.27. The molecular weight excluding hydrogens is 324 g/mol. The quantitative estimate of drug-likeness (QED) is 0.413. The molecule has 27 heavy (non-hydrogen) atoms. The Morgan fingerprint density at radius 2 is 1.07 bits per heavy atom. The Hall–Kier alpha value is 0. The van der Waals surface area contributed by atoms with E-state index in [1.807, 2.05) is 0 Å². The molecule has 6 saturated carbocycles. The maximum atomic E-state index is 2.73. The van der Waals surface area contributed by atoms with Crippen LogP contribution in [0.15, 0.2) is 0 Å². The zero-order chi connectivity index (χ0) is 18.1. The molecule has 0 bridgehead atoms. The smallest absolute Gasteiger partial charge is 0.0326 e. The normalized spacial score (nSPS) is 59.8. The molecule has 0 aromatic heterocycles. The first-order valence-electron chi connectivity index (χ1n) is 13.2. The van der Waals surface area contributed by atoms with Crippen LogP contribution in [0.5, 0.6) is 0 Å². The Kier molecular flexibility index (Phi) is 4.47. The highest BCUT2D eigenvalue weighted by Crippen LogP contribution is 2.65. The Labute approximate surface area is 168 Å². The lowest BCUT2D eigenvalue weighted by Gasteiger charge is -2.54. The first kappa shape index (κ1) is 17.8. The first-order chi connectivity index (χ1) is 13.2. The van der Waals surface area contributed by atoms with Gasteiger partial charge >= 0.3 is 0 Å². The maximum absolute atomic E-state index is 2.73. The molecule has 0 spiro atoms. The van der Waals surface area contributed by atoms with E-state index in [9.17, 15) is 0 Å². The minimum absolute atomic E-state index is 1.06. The van der Waals surface area contributed by atoms with Gasteiger partial charge in [0.1, 0.15) is 0 Å². The summed E-state index contributed by atoms with van der Waals surface area (Å²) in [5.74, 6) is 13.4. The van der Waals surface area contributed by atoms with Gasteiger partial charge in [-0.05, 0) is 116 Å². The van der Waals surface area contributed by atoms with Crippen LogP contribution in [0.25, 0.3) is 0 Å². The van der Waals surface area contributed by atoms with E-state index in [0.29, 0.717) is 0 Å². The third-order valence-corrected chi connectivity index (χ3v) is 11.9. The molecule has 6 aliphatic rings. The second-order valence-corrected chi connectivity index (χ2v) is 12.4. The van der Waals surface area contributed by atoms with Crippen LogP contribution in [-0.2, 0) is 0 Å². The molecule has 6 aliphatic carbocycles.